The third-order valence-corrected chi connectivity index (χ3v) is 6.46. The molecular formula is C18H27N3O4. The maximum atomic E-state index is 12.6. The summed E-state index contributed by atoms with van der Waals surface area (Å²) in [5.74, 6) is 0.653. The van der Waals surface area contributed by atoms with Crippen molar-refractivity contribution in [3.8, 4) is 0 Å². The number of carbonyl (C=O) groups is 3. The van der Waals surface area contributed by atoms with Gasteiger partial charge < -0.3 is 19.4 Å². The molecule has 3 aliphatic heterocycles. The van der Waals surface area contributed by atoms with Crippen molar-refractivity contribution in [3.63, 3.8) is 0 Å². The molecule has 0 unspecified atom stereocenters. The first-order chi connectivity index (χ1) is 12.0. The normalized spacial score (nSPS) is 34.8. The number of nitrogens with zero attached hydrogens (tertiary/aromatic N) is 3. The highest BCUT2D eigenvalue weighted by atomic mass is 16.6. The molecule has 25 heavy (non-hydrogen) atoms. The molecule has 4 aliphatic rings. The van der Waals surface area contributed by atoms with E-state index in [1.54, 1.807) is 16.7 Å². The van der Waals surface area contributed by atoms with Crippen LogP contribution in [0.4, 0.5) is 4.79 Å². The lowest BCUT2D eigenvalue weighted by Crippen LogP contribution is -2.53. The van der Waals surface area contributed by atoms with Gasteiger partial charge in [0.1, 0.15) is 6.10 Å². The van der Waals surface area contributed by atoms with Crippen LogP contribution in [0.25, 0.3) is 0 Å². The molecule has 3 amide bonds. The van der Waals surface area contributed by atoms with Crippen LogP contribution in [-0.2, 0) is 14.3 Å². The topological polar surface area (TPSA) is 70.2 Å². The molecule has 2 bridgehead atoms. The molecule has 1 saturated carbocycles. The zero-order chi connectivity index (χ0) is 17.6. The van der Waals surface area contributed by atoms with Crippen LogP contribution in [0, 0.1) is 11.8 Å². The van der Waals surface area contributed by atoms with Crippen LogP contribution in [-0.4, -0.2) is 77.5 Å². The van der Waals surface area contributed by atoms with Gasteiger partial charge in [0.15, 0.2) is 0 Å². The lowest BCUT2D eigenvalue weighted by molar-refractivity contribution is -0.143. The molecule has 3 heterocycles. The van der Waals surface area contributed by atoms with E-state index in [0.29, 0.717) is 38.5 Å². The van der Waals surface area contributed by atoms with Crippen LogP contribution in [0.1, 0.15) is 39.0 Å². The largest absolute Gasteiger partial charge is 0.446 e. The Bertz CT molecular complexity index is 573. The maximum Gasteiger partial charge on any atom is 0.410 e. The molecule has 1 aliphatic carbocycles. The maximum absolute atomic E-state index is 12.6. The molecule has 3 saturated heterocycles. The minimum atomic E-state index is -0.282. The predicted molar refractivity (Wildman–Crippen MR) is 89.7 cm³/mol. The highest BCUT2D eigenvalue weighted by Crippen LogP contribution is 2.45. The molecule has 0 aromatic rings. The second-order valence-electron chi connectivity index (χ2n) is 7.84. The minimum Gasteiger partial charge on any atom is -0.446 e. The van der Waals surface area contributed by atoms with E-state index in [1.807, 2.05) is 0 Å². The Balaban J connectivity index is 1.38. The molecular weight excluding hydrogens is 322 g/mol. The number of fused-ring (bicyclic) bond motifs is 4. The van der Waals surface area contributed by atoms with Gasteiger partial charge in [-0.05, 0) is 32.1 Å². The number of rotatable bonds is 1. The third-order valence-electron chi connectivity index (χ3n) is 6.46. The van der Waals surface area contributed by atoms with Crippen LogP contribution in [0.3, 0.4) is 0 Å². The van der Waals surface area contributed by atoms with Crippen LogP contribution >= 0.6 is 0 Å². The Labute approximate surface area is 148 Å². The number of piperidine rings is 2. The van der Waals surface area contributed by atoms with Crippen LogP contribution in [0.5, 0.6) is 0 Å². The number of piperazine rings is 1. The van der Waals surface area contributed by atoms with Crippen molar-refractivity contribution in [1.29, 1.82) is 0 Å². The van der Waals surface area contributed by atoms with Crippen molar-refractivity contribution in [2.24, 2.45) is 11.8 Å². The Morgan fingerprint density at radius 1 is 1.00 bits per heavy atom. The standard InChI is InChI=1S/C18H27N3O4/c1-12(22)19-6-8-20(9-7-19)18(24)25-16-11-13-10-14(16)15-4-2-3-5-21(15)17(13)23/h13-16H,2-11H2,1H3/t13-,14-,15-,16-/m1/s1. The van der Waals surface area contributed by atoms with Gasteiger partial charge >= 0.3 is 6.09 Å². The Morgan fingerprint density at radius 2 is 1.72 bits per heavy atom. The molecule has 0 aromatic heterocycles. The molecule has 4 rings (SSSR count). The van der Waals surface area contributed by atoms with Gasteiger partial charge in [0.25, 0.3) is 0 Å². The van der Waals surface area contributed by atoms with E-state index in [-0.39, 0.29) is 36.0 Å². The van der Waals surface area contributed by atoms with Gasteiger partial charge in [-0.3, -0.25) is 9.59 Å². The molecule has 0 aromatic carbocycles. The summed E-state index contributed by atoms with van der Waals surface area (Å²) in [6, 6.07) is 0.257. The summed E-state index contributed by atoms with van der Waals surface area (Å²) < 4.78 is 5.86. The van der Waals surface area contributed by atoms with Gasteiger partial charge in [-0.2, -0.15) is 0 Å². The van der Waals surface area contributed by atoms with Gasteiger partial charge in [0, 0.05) is 57.5 Å². The second kappa shape index (κ2) is 6.50. The molecule has 0 spiro atoms. The monoisotopic (exact) mass is 349 g/mol. The summed E-state index contributed by atoms with van der Waals surface area (Å²) >= 11 is 0. The van der Waals surface area contributed by atoms with Crippen molar-refractivity contribution in [2.45, 2.75) is 51.2 Å². The summed E-state index contributed by atoms with van der Waals surface area (Å²) in [4.78, 5) is 42.1. The highest BCUT2D eigenvalue weighted by Gasteiger charge is 2.52. The van der Waals surface area contributed by atoms with Gasteiger partial charge in [-0.15, -0.1) is 0 Å². The van der Waals surface area contributed by atoms with Gasteiger partial charge in [-0.1, -0.05) is 0 Å². The molecule has 4 atom stereocenters. The summed E-state index contributed by atoms with van der Waals surface area (Å²) in [6.45, 7) is 4.59. The van der Waals surface area contributed by atoms with Crippen LogP contribution < -0.4 is 0 Å². The minimum absolute atomic E-state index is 0.0340. The zero-order valence-electron chi connectivity index (χ0n) is 14.9. The summed E-state index contributed by atoms with van der Waals surface area (Å²) in [5.41, 5.74) is 0. The number of ether oxygens (including phenoxy) is 1. The summed E-state index contributed by atoms with van der Waals surface area (Å²) in [7, 11) is 0. The van der Waals surface area contributed by atoms with E-state index >= 15 is 0 Å². The highest BCUT2D eigenvalue weighted by molar-refractivity contribution is 5.81. The summed E-state index contributed by atoms with van der Waals surface area (Å²) in [6.07, 6.45) is 4.41. The van der Waals surface area contributed by atoms with E-state index in [1.165, 1.54) is 0 Å². The van der Waals surface area contributed by atoms with E-state index in [9.17, 15) is 14.4 Å². The van der Waals surface area contributed by atoms with Crippen molar-refractivity contribution in [1.82, 2.24) is 14.7 Å². The zero-order valence-corrected chi connectivity index (χ0v) is 14.9. The number of carbonyl (C=O) groups excluding carboxylic acids is 3. The van der Waals surface area contributed by atoms with Crippen molar-refractivity contribution < 1.29 is 19.1 Å². The van der Waals surface area contributed by atoms with E-state index in [4.69, 9.17) is 4.74 Å². The van der Waals surface area contributed by atoms with Crippen LogP contribution in [0.2, 0.25) is 0 Å². The third kappa shape index (κ3) is 2.98. The molecule has 7 nitrogen and oxygen atoms in total. The summed E-state index contributed by atoms with van der Waals surface area (Å²) in [5, 5.41) is 0. The van der Waals surface area contributed by atoms with Crippen molar-refractivity contribution >= 4 is 17.9 Å². The first-order valence-electron chi connectivity index (χ1n) is 9.56. The molecule has 138 valence electrons. The van der Waals surface area contributed by atoms with Gasteiger partial charge in [0.2, 0.25) is 11.8 Å². The van der Waals surface area contributed by atoms with Crippen LogP contribution in [0.15, 0.2) is 0 Å². The quantitative estimate of drug-likeness (QED) is 0.710. The SMILES string of the molecule is CC(=O)N1CCN(C(=O)O[C@@H]2C[C@H]3C[C@@H]2[C@H]2CCCCN2C3=O)CC1. The Morgan fingerprint density at radius 3 is 2.44 bits per heavy atom. The molecule has 0 radical (unpaired) electrons. The fraction of sp³-hybridized carbons (Fsp3) is 0.833. The number of hydrogen-bond acceptors (Lipinski definition) is 4. The molecule has 4 fully saturated rings. The lowest BCUT2D eigenvalue weighted by atomic mass is 9.84. The second-order valence-corrected chi connectivity index (χ2v) is 7.84. The fourth-order valence-electron chi connectivity index (χ4n) is 5.09. The first kappa shape index (κ1) is 16.7. The molecule has 0 N–H and O–H groups in total. The lowest BCUT2D eigenvalue weighted by Gasteiger charge is -2.43. The van der Waals surface area contributed by atoms with Gasteiger partial charge in [0.05, 0.1) is 0 Å². The Kier molecular flexibility index (Phi) is 4.33. The predicted octanol–water partition coefficient (Wildman–Crippen LogP) is 1.08. The average molecular weight is 349 g/mol. The van der Waals surface area contributed by atoms with Crippen molar-refractivity contribution in [2.75, 3.05) is 32.7 Å². The van der Waals surface area contributed by atoms with E-state index in [2.05, 4.69) is 4.90 Å². The number of hydrogen-bond donors (Lipinski definition) is 0. The number of amides is 3. The smallest absolute Gasteiger partial charge is 0.410 e. The van der Waals surface area contributed by atoms with E-state index < -0.39 is 0 Å². The van der Waals surface area contributed by atoms with Crippen molar-refractivity contribution in [3.05, 3.63) is 0 Å². The van der Waals surface area contributed by atoms with Gasteiger partial charge in [-0.25, -0.2) is 4.79 Å². The Hall–Kier alpha value is -1.79. The fourth-order valence-corrected chi connectivity index (χ4v) is 5.09. The first-order valence-corrected chi connectivity index (χ1v) is 9.56. The van der Waals surface area contributed by atoms with E-state index in [0.717, 1.165) is 32.2 Å². The average Bonchev–Trinajstić information content (AvgIpc) is 3.00. The molecule has 7 heteroatoms.